The number of nitrogens with one attached hydrogen (secondary N) is 2. The molecule has 3 aromatic rings. The summed E-state index contributed by atoms with van der Waals surface area (Å²) < 4.78 is 0. The molecule has 4 N–H and O–H groups in total. The maximum Gasteiger partial charge on any atom is 0.259 e. The number of primary amides is 1. The molecule has 0 spiro atoms. The predicted molar refractivity (Wildman–Crippen MR) is 140 cm³/mol. The van der Waals surface area contributed by atoms with Gasteiger partial charge in [-0.05, 0) is 51.3 Å². The lowest BCUT2D eigenvalue weighted by Crippen LogP contribution is -2.39. The fraction of sp³-hybridized carbons (Fsp3) is 0.417. The molecule has 0 radical (unpaired) electrons. The van der Waals surface area contributed by atoms with Gasteiger partial charge >= 0.3 is 0 Å². The molecule has 1 fully saturated rings. The first kappa shape index (κ1) is 24.3. The first-order chi connectivity index (χ1) is 16.2. The molecular weight excluding hydrogens is 470 g/mol. The Morgan fingerprint density at radius 3 is 2.71 bits per heavy atom. The molecule has 1 aliphatic rings. The van der Waals surface area contributed by atoms with E-state index in [1.54, 1.807) is 0 Å². The second-order valence-electron chi connectivity index (χ2n) is 8.60. The van der Waals surface area contributed by atoms with E-state index in [-0.39, 0.29) is 28.5 Å². The van der Waals surface area contributed by atoms with Gasteiger partial charge in [0.05, 0.1) is 27.8 Å². The van der Waals surface area contributed by atoms with E-state index in [0.717, 1.165) is 26.6 Å². The Balaban J connectivity index is 1.39. The highest BCUT2D eigenvalue weighted by Crippen LogP contribution is 2.31. The van der Waals surface area contributed by atoms with Crippen LogP contribution in [0.3, 0.4) is 0 Å². The van der Waals surface area contributed by atoms with E-state index in [9.17, 15) is 14.4 Å². The van der Waals surface area contributed by atoms with Crippen molar-refractivity contribution in [2.45, 2.75) is 44.6 Å². The molecule has 8 nitrogen and oxygen atoms in total. The number of aryl methyl sites for hydroxylation is 2. The fourth-order valence-electron chi connectivity index (χ4n) is 4.14. The van der Waals surface area contributed by atoms with E-state index in [0.29, 0.717) is 42.9 Å². The standard InChI is InChI=1S/C24H29N5O3S2/c1-13-14(2)34-24-20(13)23(32)27-19(28-24)12-33-15(3)22(31)26-17-6-4-5-7-18(17)29-10-8-16(9-11-29)21(25)30/h4-7,15-16H,8-12H2,1-3H3,(H2,25,30)(H,26,31)(H,27,28,32)/t15-/m1/s1. The molecule has 2 amide bonds. The number of benzene rings is 1. The zero-order chi connectivity index (χ0) is 24.4. The molecule has 1 saturated heterocycles. The van der Waals surface area contributed by atoms with Crippen molar-refractivity contribution in [1.29, 1.82) is 0 Å². The highest BCUT2D eigenvalue weighted by atomic mass is 32.2. The van der Waals surface area contributed by atoms with Crippen LogP contribution in [0.1, 0.15) is 36.0 Å². The summed E-state index contributed by atoms with van der Waals surface area (Å²) in [4.78, 5) is 48.4. The number of aromatic nitrogens is 2. The second kappa shape index (κ2) is 10.2. The van der Waals surface area contributed by atoms with Gasteiger partial charge in [0.2, 0.25) is 11.8 Å². The first-order valence-electron chi connectivity index (χ1n) is 11.3. The van der Waals surface area contributed by atoms with E-state index in [1.807, 2.05) is 45.0 Å². The number of amides is 2. The van der Waals surface area contributed by atoms with Gasteiger partial charge in [0.1, 0.15) is 10.7 Å². The number of thioether (sulfide) groups is 1. The van der Waals surface area contributed by atoms with E-state index in [1.165, 1.54) is 23.1 Å². The summed E-state index contributed by atoms with van der Waals surface area (Å²) in [6.07, 6.45) is 1.42. The molecule has 180 valence electrons. The number of hydrogen-bond donors (Lipinski definition) is 3. The number of piperidine rings is 1. The first-order valence-corrected chi connectivity index (χ1v) is 13.2. The number of carbonyl (C=O) groups is 2. The number of anilines is 2. The van der Waals surface area contributed by atoms with Gasteiger partial charge in [0, 0.05) is 23.9 Å². The van der Waals surface area contributed by atoms with Crippen molar-refractivity contribution in [2.75, 3.05) is 23.3 Å². The van der Waals surface area contributed by atoms with Crippen LogP contribution in [0, 0.1) is 19.8 Å². The predicted octanol–water partition coefficient (Wildman–Crippen LogP) is 3.56. The third-order valence-corrected chi connectivity index (χ3v) is 8.58. The van der Waals surface area contributed by atoms with Crippen LogP contribution in [0.25, 0.3) is 10.2 Å². The molecule has 4 rings (SSSR count). The maximum atomic E-state index is 12.9. The van der Waals surface area contributed by atoms with Gasteiger partial charge < -0.3 is 20.9 Å². The number of nitrogens with two attached hydrogens (primary N) is 1. The number of rotatable bonds is 7. The Bertz CT molecular complexity index is 1280. The van der Waals surface area contributed by atoms with Gasteiger partial charge in [-0.15, -0.1) is 23.1 Å². The minimum absolute atomic E-state index is 0.0873. The Kier molecular flexibility index (Phi) is 7.27. The van der Waals surface area contributed by atoms with Crippen molar-refractivity contribution in [2.24, 2.45) is 11.7 Å². The van der Waals surface area contributed by atoms with Gasteiger partial charge in [-0.2, -0.15) is 0 Å². The summed E-state index contributed by atoms with van der Waals surface area (Å²) in [6, 6.07) is 7.70. The van der Waals surface area contributed by atoms with Crippen LogP contribution in [0.15, 0.2) is 29.1 Å². The van der Waals surface area contributed by atoms with Crippen LogP contribution in [0.4, 0.5) is 11.4 Å². The topological polar surface area (TPSA) is 121 Å². The highest BCUT2D eigenvalue weighted by molar-refractivity contribution is 7.99. The van der Waals surface area contributed by atoms with Crippen molar-refractivity contribution in [3.05, 3.63) is 50.9 Å². The zero-order valence-corrected chi connectivity index (χ0v) is 21.1. The SMILES string of the molecule is Cc1sc2nc(CS[C@H](C)C(=O)Nc3ccccc3N3CCC(C(N)=O)CC3)[nH]c(=O)c2c1C. The monoisotopic (exact) mass is 499 g/mol. The summed E-state index contributed by atoms with van der Waals surface area (Å²) in [5.41, 5.74) is 7.98. The highest BCUT2D eigenvalue weighted by Gasteiger charge is 2.25. The van der Waals surface area contributed by atoms with Gasteiger partial charge in [0.25, 0.3) is 5.56 Å². The van der Waals surface area contributed by atoms with Crippen LogP contribution >= 0.6 is 23.1 Å². The summed E-state index contributed by atoms with van der Waals surface area (Å²) in [6.45, 7) is 7.20. The molecule has 34 heavy (non-hydrogen) atoms. The van der Waals surface area contributed by atoms with Gasteiger partial charge in [-0.25, -0.2) is 4.98 Å². The average Bonchev–Trinajstić information content (AvgIpc) is 3.11. The van der Waals surface area contributed by atoms with Crippen molar-refractivity contribution in [1.82, 2.24) is 9.97 Å². The number of thiophene rings is 1. The van der Waals surface area contributed by atoms with E-state index in [2.05, 4.69) is 20.2 Å². The number of carbonyl (C=O) groups excluding carboxylic acids is 2. The molecule has 1 atom stereocenters. The van der Waals surface area contributed by atoms with Crippen LogP contribution in [-0.4, -0.2) is 40.1 Å². The average molecular weight is 500 g/mol. The Morgan fingerprint density at radius 2 is 2.00 bits per heavy atom. The van der Waals surface area contributed by atoms with Crippen LogP contribution < -0.4 is 21.5 Å². The fourth-order valence-corrected chi connectivity index (χ4v) is 5.95. The van der Waals surface area contributed by atoms with Crippen LogP contribution in [0.2, 0.25) is 0 Å². The molecule has 2 aromatic heterocycles. The summed E-state index contributed by atoms with van der Waals surface area (Å²) in [5.74, 6) is 0.553. The number of H-pyrrole nitrogens is 1. The Morgan fingerprint density at radius 1 is 1.29 bits per heavy atom. The van der Waals surface area contributed by atoms with Gasteiger partial charge in [0.15, 0.2) is 0 Å². The maximum absolute atomic E-state index is 12.9. The smallest absolute Gasteiger partial charge is 0.259 e. The normalized spacial score (nSPS) is 15.4. The molecule has 0 unspecified atom stereocenters. The van der Waals surface area contributed by atoms with Gasteiger partial charge in [-0.3, -0.25) is 14.4 Å². The lowest BCUT2D eigenvalue weighted by Gasteiger charge is -2.33. The number of para-hydroxylation sites is 2. The molecule has 1 aliphatic heterocycles. The van der Waals surface area contributed by atoms with Crippen molar-refractivity contribution in [3.8, 4) is 0 Å². The molecule has 3 heterocycles. The van der Waals surface area contributed by atoms with Crippen molar-refractivity contribution < 1.29 is 9.59 Å². The third kappa shape index (κ3) is 5.12. The quantitative estimate of drug-likeness (QED) is 0.457. The van der Waals surface area contributed by atoms with Crippen LogP contribution in [-0.2, 0) is 15.3 Å². The molecular formula is C24H29N5O3S2. The summed E-state index contributed by atoms with van der Waals surface area (Å²) >= 11 is 2.94. The Hall–Kier alpha value is -2.85. The number of aromatic amines is 1. The summed E-state index contributed by atoms with van der Waals surface area (Å²) in [5, 5.41) is 3.35. The van der Waals surface area contributed by atoms with Gasteiger partial charge in [-0.1, -0.05) is 12.1 Å². The molecule has 0 bridgehead atoms. The van der Waals surface area contributed by atoms with Crippen molar-refractivity contribution >= 4 is 56.5 Å². The molecule has 0 saturated carbocycles. The summed E-state index contributed by atoms with van der Waals surface area (Å²) in [7, 11) is 0. The second-order valence-corrected chi connectivity index (χ2v) is 11.1. The zero-order valence-electron chi connectivity index (χ0n) is 19.5. The van der Waals surface area contributed by atoms with Crippen LogP contribution in [0.5, 0.6) is 0 Å². The van der Waals surface area contributed by atoms with E-state index in [4.69, 9.17) is 5.73 Å². The number of nitrogens with zero attached hydrogens (tertiary/aromatic N) is 2. The lowest BCUT2D eigenvalue weighted by molar-refractivity contribution is -0.122. The Labute approximate surface area is 206 Å². The van der Waals surface area contributed by atoms with E-state index < -0.39 is 0 Å². The lowest BCUT2D eigenvalue weighted by atomic mass is 9.96. The van der Waals surface area contributed by atoms with Crippen molar-refractivity contribution in [3.63, 3.8) is 0 Å². The minimum atomic E-state index is -0.346. The molecule has 10 heteroatoms. The minimum Gasteiger partial charge on any atom is -0.370 e. The molecule has 1 aromatic carbocycles. The van der Waals surface area contributed by atoms with E-state index >= 15 is 0 Å². The molecule has 0 aliphatic carbocycles. The number of hydrogen-bond acceptors (Lipinski definition) is 7. The third-order valence-electron chi connectivity index (χ3n) is 6.33. The number of fused-ring (bicyclic) bond motifs is 1. The largest absolute Gasteiger partial charge is 0.370 e.